The van der Waals surface area contributed by atoms with Crippen molar-refractivity contribution >= 4 is 34.4 Å². The Labute approximate surface area is 157 Å². The van der Waals surface area contributed by atoms with Crippen LogP contribution in [0.25, 0.3) is 0 Å². The Morgan fingerprint density at radius 2 is 1.96 bits per heavy atom. The van der Waals surface area contributed by atoms with E-state index in [0.717, 1.165) is 18.4 Å². The molecule has 0 radical (unpaired) electrons. The first-order valence-corrected chi connectivity index (χ1v) is 9.72. The van der Waals surface area contributed by atoms with E-state index in [0.29, 0.717) is 12.1 Å². The third-order valence-corrected chi connectivity index (χ3v) is 5.22. The van der Waals surface area contributed by atoms with Gasteiger partial charge in [-0.3, -0.25) is 9.00 Å². The first-order chi connectivity index (χ1) is 11.8. The Morgan fingerprint density at radius 1 is 1.36 bits per heavy atom. The van der Waals surface area contributed by atoms with Crippen molar-refractivity contribution in [3.63, 3.8) is 0 Å². The van der Waals surface area contributed by atoms with Gasteiger partial charge >= 0.3 is 0 Å². The van der Waals surface area contributed by atoms with Crippen LogP contribution < -0.4 is 15.4 Å². The minimum atomic E-state index is -2.61. The molecule has 0 spiro atoms. The van der Waals surface area contributed by atoms with Gasteiger partial charge in [0.25, 0.3) is 0 Å². The van der Waals surface area contributed by atoms with E-state index in [2.05, 4.69) is 15.4 Å². The summed E-state index contributed by atoms with van der Waals surface area (Å²) in [7, 11) is 1.61. The lowest BCUT2D eigenvalue weighted by atomic mass is 9.78. The second-order valence-corrected chi connectivity index (χ2v) is 7.04. The zero-order chi connectivity index (χ0) is 19.0. The summed E-state index contributed by atoms with van der Waals surface area (Å²) >= 11 is 2.81. The number of carbonyl (C=O) groups excluding carboxylic acids is 1. The summed E-state index contributed by atoms with van der Waals surface area (Å²) in [5.74, 6) is -1.01. The molecule has 8 heteroatoms. The predicted octanol–water partition coefficient (Wildman–Crippen LogP) is 1.67. The number of thiocarbonyl (C=S) groups is 1. The molecule has 1 aromatic carbocycles. The first-order valence-electron chi connectivity index (χ1n) is 8.23. The van der Waals surface area contributed by atoms with Crippen LogP contribution in [0, 0.1) is 12.8 Å². The van der Waals surface area contributed by atoms with Crippen LogP contribution in [-0.2, 0) is 21.6 Å². The van der Waals surface area contributed by atoms with Crippen LogP contribution >= 0.6 is 12.2 Å². The number of unbranched alkanes of at least 4 members (excludes halogenated alkanes) is 1. The maximum Gasteiger partial charge on any atom is 0.225 e. The van der Waals surface area contributed by atoms with E-state index in [1.807, 2.05) is 26.0 Å². The van der Waals surface area contributed by atoms with Crippen LogP contribution in [0.2, 0.25) is 0 Å². The smallest absolute Gasteiger partial charge is 0.225 e. The molecule has 3 N–H and O–H groups in total. The van der Waals surface area contributed by atoms with Crippen LogP contribution in [0.4, 0.5) is 0 Å². The van der Waals surface area contributed by atoms with Crippen molar-refractivity contribution in [2.45, 2.75) is 39.2 Å². The van der Waals surface area contributed by atoms with E-state index >= 15 is 0 Å². The molecule has 1 amide bonds. The fraction of sp³-hybridized carbons (Fsp3) is 0.529. The summed E-state index contributed by atoms with van der Waals surface area (Å²) in [5, 5.41) is 5.70. The summed E-state index contributed by atoms with van der Waals surface area (Å²) in [6.45, 7) is 6.17. The van der Waals surface area contributed by atoms with Crippen molar-refractivity contribution in [1.82, 2.24) is 15.4 Å². The molecule has 0 aliphatic rings. The molecular weight excluding hydrogens is 358 g/mol. The molecule has 1 rings (SSSR count). The van der Waals surface area contributed by atoms with Crippen molar-refractivity contribution in [3.05, 3.63) is 35.4 Å². The average molecular weight is 385 g/mol. The molecule has 3 atom stereocenters. The van der Waals surface area contributed by atoms with E-state index in [9.17, 15) is 13.6 Å². The van der Waals surface area contributed by atoms with E-state index < -0.39 is 22.7 Å². The Bertz CT molecular complexity index is 622. The first kappa shape index (κ1) is 21.7. The van der Waals surface area contributed by atoms with Gasteiger partial charge in [0.15, 0.2) is 0 Å². The Kier molecular flexibility index (Phi) is 8.64. The zero-order valence-corrected chi connectivity index (χ0v) is 16.7. The van der Waals surface area contributed by atoms with Crippen LogP contribution in [0.5, 0.6) is 0 Å². The quantitative estimate of drug-likeness (QED) is 0.342. The number of benzene rings is 1. The molecule has 0 aromatic heterocycles. The second-order valence-electron chi connectivity index (χ2n) is 5.96. The van der Waals surface area contributed by atoms with E-state index in [1.165, 1.54) is 0 Å². The number of amides is 1. The minimum Gasteiger partial charge on any atom is -0.760 e. The topological polar surface area (TPSA) is 93.3 Å². The van der Waals surface area contributed by atoms with E-state index in [1.54, 1.807) is 26.1 Å². The minimum absolute atomic E-state index is 0.235. The maximum atomic E-state index is 12.7. The van der Waals surface area contributed by atoms with Crippen molar-refractivity contribution in [1.29, 1.82) is 0 Å². The third-order valence-electron chi connectivity index (χ3n) is 4.21. The van der Waals surface area contributed by atoms with Crippen LogP contribution in [0.1, 0.15) is 37.8 Å². The molecule has 140 valence electrons. The van der Waals surface area contributed by atoms with Gasteiger partial charge in [0, 0.05) is 24.9 Å². The highest BCUT2D eigenvalue weighted by Crippen LogP contribution is 2.32. The van der Waals surface area contributed by atoms with Crippen LogP contribution in [0.3, 0.4) is 0 Å². The zero-order valence-electron chi connectivity index (χ0n) is 15.0. The summed E-state index contributed by atoms with van der Waals surface area (Å²) < 4.78 is 25.6. The van der Waals surface area contributed by atoms with Gasteiger partial charge in [-0.25, -0.2) is 4.72 Å². The van der Waals surface area contributed by atoms with E-state index in [4.69, 9.17) is 12.2 Å². The van der Waals surface area contributed by atoms with Gasteiger partial charge in [-0.1, -0.05) is 62.3 Å². The lowest BCUT2D eigenvalue weighted by Gasteiger charge is -2.40. The summed E-state index contributed by atoms with van der Waals surface area (Å²) in [6, 6.07) is 7.29. The lowest BCUT2D eigenvalue weighted by Crippen LogP contribution is -2.60. The molecule has 3 unspecified atom stereocenters. The molecule has 1 aromatic rings. The SMILES string of the molecule is CCCCNC(=O)C(C)C(NS(=O)[O-])(C(=S)NC)c1ccc(C)cc1. The monoisotopic (exact) mass is 384 g/mol. The summed E-state index contributed by atoms with van der Waals surface area (Å²) in [5.41, 5.74) is 0.275. The molecule has 0 aliphatic heterocycles. The number of rotatable bonds is 9. The molecule has 25 heavy (non-hydrogen) atoms. The largest absolute Gasteiger partial charge is 0.760 e. The fourth-order valence-electron chi connectivity index (χ4n) is 2.65. The number of nitrogens with one attached hydrogen (secondary N) is 3. The Hall–Kier alpha value is -1.35. The lowest BCUT2D eigenvalue weighted by molar-refractivity contribution is -0.126. The van der Waals surface area contributed by atoms with Gasteiger partial charge < -0.3 is 15.2 Å². The van der Waals surface area contributed by atoms with Gasteiger partial charge in [0.2, 0.25) is 5.91 Å². The van der Waals surface area contributed by atoms with Crippen LogP contribution in [-0.4, -0.2) is 33.2 Å². The molecule has 0 heterocycles. The van der Waals surface area contributed by atoms with Crippen LogP contribution in [0.15, 0.2) is 24.3 Å². The van der Waals surface area contributed by atoms with Crippen molar-refractivity contribution in [2.75, 3.05) is 13.6 Å². The van der Waals surface area contributed by atoms with Crippen molar-refractivity contribution in [2.24, 2.45) is 5.92 Å². The number of aryl methyl sites for hydroxylation is 1. The highest BCUT2D eigenvalue weighted by atomic mass is 32.2. The Morgan fingerprint density at radius 3 is 2.44 bits per heavy atom. The molecule has 6 nitrogen and oxygen atoms in total. The van der Waals surface area contributed by atoms with Gasteiger partial charge in [0.1, 0.15) is 10.5 Å². The number of hydrogen-bond acceptors (Lipinski definition) is 4. The molecule has 0 saturated carbocycles. The highest BCUT2D eigenvalue weighted by Gasteiger charge is 2.45. The van der Waals surface area contributed by atoms with Crippen molar-refractivity contribution in [3.8, 4) is 0 Å². The number of likely N-dealkylation sites (N-methyl/N-ethyl adjacent to an activating group) is 1. The van der Waals surface area contributed by atoms with Gasteiger partial charge in [0.05, 0.1) is 5.92 Å². The molecular formula is C17H26N3O3S2-. The highest BCUT2D eigenvalue weighted by molar-refractivity contribution is 7.80. The standard InChI is InChI=1S/C17H27N3O3S2/c1-5-6-11-19-15(21)13(3)17(16(24)18-4,20-25(22)23)14-9-7-12(2)8-10-14/h7-10,13,20H,5-6,11H2,1-4H3,(H,18,24)(H,19,21)(H,22,23)/p-1. The third kappa shape index (κ3) is 5.31. The molecule has 0 saturated heterocycles. The Balaban J connectivity index is 3.37. The molecule has 0 bridgehead atoms. The van der Waals surface area contributed by atoms with E-state index in [-0.39, 0.29) is 10.9 Å². The summed E-state index contributed by atoms with van der Waals surface area (Å²) in [6.07, 6.45) is 1.81. The molecule has 0 fully saturated rings. The van der Waals surface area contributed by atoms with Gasteiger partial charge in [-0.05, 0) is 18.9 Å². The predicted molar refractivity (Wildman–Crippen MR) is 104 cm³/mol. The normalized spacial score (nSPS) is 15.7. The average Bonchev–Trinajstić information content (AvgIpc) is 2.59. The molecule has 0 aliphatic carbocycles. The maximum absolute atomic E-state index is 12.7. The van der Waals surface area contributed by atoms with Gasteiger partial charge in [-0.2, -0.15) is 0 Å². The van der Waals surface area contributed by atoms with Gasteiger partial charge in [-0.15, -0.1) is 0 Å². The van der Waals surface area contributed by atoms with Crippen molar-refractivity contribution < 1.29 is 13.6 Å². The number of carbonyl (C=O) groups is 1. The summed E-state index contributed by atoms with van der Waals surface area (Å²) in [4.78, 5) is 12.9. The fourth-order valence-corrected chi connectivity index (χ4v) is 3.72. The number of hydrogen-bond donors (Lipinski definition) is 3. The second kappa shape index (κ2) is 9.96.